The molecule has 0 heterocycles. The van der Waals surface area contributed by atoms with Gasteiger partial charge in [-0.25, -0.2) is 12.8 Å². The zero-order valence-electron chi connectivity index (χ0n) is 8.22. The van der Waals surface area contributed by atoms with Crippen molar-refractivity contribution in [3.8, 4) is 0 Å². The second-order valence-corrected chi connectivity index (χ2v) is 6.16. The van der Waals surface area contributed by atoms with E-state index in [0.29, 0.717) is 5.56 Å². The maximum absolute atomic E-state index is 12.9. The van der Waals surface area contributed by atoms with E-state index in [-0.39, 0.29) is 11.7 Å². The molecule has 3 atom stereocenters. The molecule has 0 bridgehead atoms. The first-order chi connectivity index (χ1) is 6.91. The number of nitrogens with two attached hydrogens (primary N) is 1. The van der Waals surface area contributed by atoms with Crippen molar-refractivity contribution in [1.82, 2.24) is 0 Å². The van der Waals surface area contributed by atoms with Crippen LogP contribution in [0.3, 0.4) is 0 Å². The van der Waals surface area contributed by atoms with Gasteiger partial charge >= 0.3 is 0 Å². The Morgan fingerprint density at radius 3 is 2.53 bits per heavy atom. The molecular weight excluding hydrogens is 217 g/mol. The predicted octanol–water partition coefficient (Wildman–Crippen LogP) is 0.663. The maximum atomic E-state index is 12.9. The Labute approximate surface area is 88.0 Å². The van der Waals surface area contributed by atoms with Gasteiger partial charge in [0.1, 0.15) is 5.82 Å². The molecule has 1 saturated carbocycles. The number of rotatable bonds is 2. The Bertz CT molecular complexity index is 486. The molecule has 5 heteroatoms. The highest BCUT2D eigenvalue weighted by atomic mass is 32.2. The average Bonchev–Trinajstić information content (AvgIpc) is 2.76. The maximum Gasteiger partial charge on any atom is 0.152 e. The summed E-state index contributed by atoms with van der Waals surface area (Å²) in [4.78, 5) is 0. The van der Waals surface area contributed by atoms with Crippen LogP contribution in [-0.2, 0) is 9.84 Å². The number of sulfone groups is 1. The third-order valence-corrected chi connectivity index (χ3v) is 4.33. The summed E-state index contributed by atoms with van der Waals surface area (Å²) >= 11 is 0. The van der Waals surface area contributed by atoms with Gasteiger partial charge in [-0.1, -0.05) is 12.1 Å². The molecule has 0 saturated heterocycles. The van der Waals surface area contributed by atoms with E-state index < -0.39 is 21.1 Å². The van der Waals surface area contributed by atoms with Crippen molar-refractivity contribution >= 4 is 9.84 Å². The summed E-state index contributed by atoms with van der Waals surface area (Å²) < 4.78 is 35.5. The second kappa shape index (κ2) is 3.28. The van der Waals surface area contributed by atoms with Crippen LogP contribution in [0.2, 0.25) is 0 Å². The second-order valence-electron chi connectivity index (χ2n) is 3.95. The van der Waals surface area contributed by atoms with Gasteiger partial charge in [0, 0.05) is 18.2 Å². The lowest BCUT2D eigenvalue weighted by Crippen LogP contribution is -2.13. The van der Waals surface area contributed by atoms with E-state index in [9.17, 15) is 12.8 Å². The molecule has 0 aliphatic heterocycles. The Morgan fingerprint density at radius 2 is 2.07 bits per heavy atom. The molecule has 0 amide bonds. The molecule has 1 fully saturated rings. The summed E-state index contributed by atoms with van der Waals surface area (Å²) in [6.45, 7) is 0. The predicted molar refractivity (Wildman–Crippen MR) is 55.7 cm³/mol. The van der Waals surface area contributed by atoms with Gasteiger partial charge in [-0.15, -0.1) is 0 Å². The van der Waals surface area contributed by atoms with E-state index in [4.69, 9.17) is 5.73 Å². The van der Waals surface area contributed by atoms with Crippen molar-refractivity contribution in [2.75, 3.05) is 6.26 Å². The van der Waals surface area contributed by atoms with E-state index >= 15 is 0 Å². The quantitative estimate of drug-likeness (QED) is 0.810. The van der Waals surface area contributed by atoms with Crippen molar-refractivity contribution < 1.29 is 12.8 Å². The van der Waals surface area contributed by atoms with E-state index in [1.807, 2.05) is 0 Å². The zero-order valence-corrected chi connectivity index (χ0v) is 9.04. The third-order valence-electron chi connectivity index (χ3n) is 2.74. The molecule has 1 aromatic rings. The van der Waals surface area contributed by atoms with E-state index in [0.717, 1.165) is 6.26 Å². The van der Waals surface area contributed by atoms with Crippen LogP contribution in [0.1, 0.15) is 11.5 Å². The van der Waals surface area contributed by atoms with Crippen molar-refractivity contribution in [2.24, 2.45) is 5.73 Å². The van der Waals surface area contributed by atoms with Gasteiger partial charge in [-0.05, 0) is 17.7 Å². The van der Waals surface area contributed by atoms with Crippen molar-refractivity contribution in [2.45, 2.75) is 17.2 Å². The highest BCUT2D eigenvalue weighted by Crippen LogP contribution is 2.44. The molecule has 1 aliphatic carbocycles. The summed E-state index contributed by atoms with van der Waals surface area (Å²) in [5.41, 5.74) is 6.34. The summed E-state index contributed by atoms with van der Waals surface area (Å²) in [5.74, 6) is -0.616. The Hall–Kier alpha value is -0.940. The Balaban J connectivity index is 2.29. The fraction of sp³-hybridized carbons (Fsp3) is 0.400. The molecule has 82 valence electrons. The van der Waals surface area contributed by atoms with Crippen LogP contribution in [-0.4, -0.2) is 26.0 Å². The molecule has 1 aromatic carbocycles. The van der Waals surface area contributed by atoms with Gasteiger partial charge in [0.05, 0.1) is 5.25 Å². The van der Waals surface area contributed by atoms with E-state index in [1.165, 1.54) is 12.1 Å². The smallest absolute Gasteiger partial charge is 0.152 e. The minimum atomic E-state index is -3.14. The topological polar surface area (TPSA) is 60.2 Å². The average molecular weight is 229 g/mol. The summed E-state index contributed by atoms with van der Waals surface area (Å²) in [6, 6.07) is 5.54. The SMILES string of the molecule is CS(=O)(=O)[C@@H]1[C@H](N)[C@@H]1c1cccc(F)c1. The summed E-state index contributed by atoms with van der Waals surface area (Å²) in [7, 11) is -3.14. The lowest BCUT2D eigenvalue weighted by Gasteiger charge is -1.98. The minimum absolute atomic E-state index is 0.254. The van der Waals surface area contributed by atoms with Crippen molar-refractivity contribution in [3.63, 3.8) is 0 Å². The molecular formula is C10H12FNO2S. The monoisotopic (exact) mass is 229 g/mol. The number of hydrogen-bond acceptors (Lipinski definition) is 3. The fourth-order valence-electron chi connectivity index (χ4n) is 1.98. The Kier molecular flexibility index (Phi) is 2.31. The molecule has 2 N–H and O–H groups in total. The van der Waals surface area contributed by atoms with E-state index in [2.05, 4.69) is 0 Å². The third kappa shape index (κ3) is 1.89. The molecule has 15 heavy (non-hydrogen) atoms. The molecule has 0 unspecified atom stereocenters. The summed E-state index contributed by atoms with van der Waals surface area (Å²) in [5, 5.41) is -0.556. The molecule has 0 spiro atoms. The minimum Gasteiger partial charge on any atom is -0.326 e. The number of benzene rings is 1. The van der Waals surface area contributed by atoms with Crippen LogP contribution in [0.4, 0.5) is 4.39 Å². The first-order valence-corrected chi connectivity index (χ1v) is 6.56. The Morgan fingerprint density at radius 1 is 1.40 bits per heavy atom. The molecule has 0 aromatic heterocycles. The lowest BCUT2D eigenvalue weighted by atomic mass is 10.1. The highest BCUT2D eigenvalue weighted by Gasteiger charge is 2.54. The summed E-state index contributed by atoms with van der Waals surface area (Å²) in [6.07, 6.45) is 1.16. The van der Waals surface area contributed by atoms with Crippen LogP contribution < -0.4 is 5.73 Å². The largest absolute Gasteiger partial charge is 0.326 e. The zero-order chi connectivity index (χ0) is 11.2. The van der Waals surface area contributed by atoms with Crippen LogP contribution in [0.5, 0.6) is 0 Å². The van der Waals surface area contributed by atoms with Gasteiger partial charge < -0.3 is 5.73 Å². The van der Waals surface area contributed by atoms with Crippen molar-refractivity contribution in [3.05, 3.63) is 35.6 Å². The first-order valence-electron chi connectivity index (χ1n) is 4.61. The molecule has 1 aliphatic rings. The van der Waals surface area contributed by atoms with Gasteiger partial charge in [0.2, 0.25) is 0 Å². The number of hydrogen-bond donors (Lipinski definition) is 1. The normalized spacial score (nSPS) is 30.2. The van der Waals surface area contributed by atoms with E-state index in [1.54, 1.807) is 12.1 Å². The molecule has 2 rings (SSSR count). The first kappa shape index (κ1) is 10.6. The van der Waals surface area contributed by atoms with Crippen LogP contribution in [0.25, 0.3) is 0 Å². The van der Waals surface area contributed by atoms with Crippen LogP contribution in [0.15, 0.2) is 24.3 Å². The van der Waals surface area contributed by atoms with Gasteiger partial charge in [-0.3, -0.25) is 0 Å². The van der Waals surface area contributed by atoms with Gasteiger partial charge in [0.25, 0.3) is 0 Å². The molecule has 0 radical (unpaired) electrons. The lowest BCUT2D eigenvalue weighted by molar-refractivity contribution is 0.599. The number of halogens is 1. The van der Waals surface area contributed by atoms with Gasteiger partial charge in [-0.2, -0.15) is 0 Å². The highest BCUT2D eigenvalue weighted by molar-refractivity contribution is 7.91. The fourth-order valence-corrected chi connectivity index (χ4v) is 3.50. The van der Waals surface area contributed by atoms with Crippen LogP contribution >= 0.6 is 0 Å². The standard InChI is InChI=1S/C10H12FNO2S/c1-15(13,14)10-8(9(10)12)6-3-2-4-7(11)5-6/h2-5,8-10H,12H2,1H3/t8-,9+,10-/m0/s1. The molecule has 3 nitrogen and oxygen atoms in total. The van der Waals surface area contributed by atoms with Crippen molar-refractivity contribution in [1.29, 1.82) is 0 Å². The van der Waals surface area contributed by atoms with Crippen LogP contribution in [0, 0.1) is 5.82 Å². The van der Waals surface area contributed by atoms with Gasteiger partial charge in [0.15, 0.2) is 9.84 Å².